The number of ether oxygens (including phenoxy) is 1. The SMILES string of the molecule is COc1ccc(NC(=O)c2nnc3c(-c4ccccc4)cnn3c2C)cc1. The van der Waals surface area contributed by atoms with E-state index in [4.69, 9.17) is 4.74 Å². The average molecular weight is 359 g/mol. The smallest absolute Gasteiger partial charge is 0.278 e. The van der Waals surface area contributed by atoms with Crippen LogP contribution in [0.3, 0.4) is 0 Å². The summed E-state index contributed by atoms with van der Waals surface area (Å²) in [5.41, 5.74) is 3.96. The van der Waals surface area contributed by atoms with E-state index in [1.165, 1.54) is 0 Å². The van der Waals surface area contributed by atoms with E-state index in [0.29, 0.717) is 17.0 Å². The van der Waals surface area contributed by atoms with Gasteiger partial charge < -0.3 is 10.1 Å². The Balaban J connectivity index is 1.66. The van der Waals surface area contributed by atoms with Crippen LogP contribution in [0.1, 0.15) is 16.2 Å². The highest BCUT2D eigenvalue weighted by atomic mass is 16.5. The number of nitrogens with one attached hydrogen (secondary N) is 1. The van der Waals surface area contributed by atoms with Gasteiger partial charge in [-0.25, -0.2) is 4.52 Å². The maximum Gasteiger partial charge on any atom is 0.278 e. The van der Waals surface area contributed by atoms with Gasteiger partial charge in [0.05, 0.1) is 19.0 Å². The number of amides is 1. The van der Waals surface area contributed by atoms with Crippen molar-refractivity contribution in [2.24, 2.45) is 0 Å². The molecule has 4 rings (SSSR count). The highest BCUT2D eigenvalue weighted by Crippen LogP contribution is 2.24. The number of carbonyl (C=O) groups is 1. The zero-order valence-electron chi connectivity index (χ0n) is 14.9. The molecule has 0 saturated carbocycles. The molecular weight excluding hydrogens is 342 g/mol. The Morgan fingerprint density at radius 2 is 1.78 bits per heavy atom. The summed E-state index contributed by atoms with van der Waals surface area (Å²) in [6.45, 7) is 1.80. The number of hydrogen-bond acceptors (Lipinski definition) is 5. The average Bonchev–Trinajstić information content (AvgIpc) is 3.14. The summed E-state index contributed by atoms with van der Waals surface area (Å²) in [6, 6.07) is 16.9. The standard InChI is InChI=1S/C20H17N5O2/c1-13-18(20(26)22-15-8-10-16(27-2)11-9-15)23-24-19-17(12-21-25(13)19)14-6-4-3-5-7-14/h3-12H,1-2H3,(H,22,26). The topological polar surface area (TPSA) is 81.4 Å². The fraction of sp³-hybridized carbons (Fsp3) is 0.100. The van der Waals surface area contributed by atoms with Crippen LogP contribution in [0.5, 0.6) is 5.75 Å². The number of aryl methyl sites for hydroxylation is 1. The summed E-state index contributed by atoms with van der Waals surface area (Å²) in [5, 5.41) is 15.6. The van der Waals surface area contributed by atoms with E-state index in [-0.39, 0.29) is 11.6 Å². The highest BCUT2D eigenvalue weighted by molar-refractivity contribution is 6.03. The van der Waals surface area contributed by atoms with Crippen LogP contribution >= 0.6 is 0 Å². The molecule has 0 bridgehead atoms. The van der Waals surface area contributed by atoms with Crippen LogP contribution in [-0.2, 0) is 0 Å². The summed E-state index contributed by atoms with van der Waals surface area (Å²) in [5.74, 6) is 0.374. The zero-order valence-corrected chi connectivity index (χ0v) is 14.9. The van der Waals surface area contributed by atoms with Crippen LogP contribution in [0.4, 0.5) is 5.69 Å². The van der Waals surface area contributed by atoms with Crippen LogP contribution in [0.15, 0.2) is 60.8 Å². The van der Waals surface area contributed by atoms with Crippen molar-refractivity contribution in [2.75, 3.05) is 12.4 Å². The number of methoxy groups -OCH3 is 1. The van der Waals surface area contributed by atoms with E-state index < -0.39 is 0 Å². The van der Waals surface area contributed by atoms with E-state index in [0.717, 1.165) is 16.9 Å². The largest absolute Gasteiger partial charge is 0.497 e. The number of hydrogen-bond donors (Lipinski definition) is 1. The van der Waals surface area contributed by atoms with Crippen molar-refractivity contribution in [1.82, 2.24) is 19.8 Å². The minimum absolute atomic E-state index is 0.223. The third-order valence-corrected chi connectivity index (χ3v) is 4.30. The Morgan fingerprint density at radius 3 is 2.48 bits per heavy atom. The maximum absolute atomic E-state index is 12.6. The number of fused-ring (bicyclic) bond motifs is 1. The lowest BCUT2D eigenvalue weighted by atomic mass is 10.1. The van der Waals surface area contributed by atoms with Crippen molar-refractivity contribution in [3.05, 3.63) is 72.2 Å². The van der Waals surface area contributed by atoms with Gasteiger partial charge in [-0.1, -0.05) is 30.3 Å². The van der Waals surface area contributed by atoms with Gasteiger partial charge in [0.15, 0.2) is 11.3 Å². The lowest BCUT2D eigenvalue weighted by molar-refractivity contribution is 0.102. The first-order valence-corrected chi connectivity index (χ1v) is 8.39. The first kappa shape index (κ1) is 16.7. The predicted molar refractivity (Wildman–Crippen MR) is 102 cm³/mol. The summed E-state index contributed by atoms with van der Waals surface area (Å²) < 4.78 is 6.76. The number of nitrogens with zero attached hydrogens (tertiary/aromatic N) is 4. The number of anilines is 1. The van der Waals surface area contributed by atoms with E-state index in [2.05, 4.69) is 20.6 Å². The van der Waals surface area contributed by atoms with Gasteiger partial charge >= 0.3 is 0 Å². The molecule has 1 N–H and O–H groups in total. The normalized spacial score (nSPS) is 10.7. The quantitative estimate of drug-likeness (QED) is 0.604. The molecule has 0 unspecified atom stereocenters. The molecule has 134 valence electrons. The summed E-state index contributed by atoms with van der Waals surface area (Å²) in [4.78, 5) is 12.6. The van der Waals surface area contributed by atoms with Crippen molar-refractivity contribution in [3.8, 4) is 16.9 Å². The fourth-order valence-corrected chi connectivity index (χ4v) is 2.85. The number of aromatic nitrogens is 4. The summed E-state index contributed by atoms with van der Waals surface area (Å²) >= 11 is 0. The maximum atomic E-state index is 12.6. The molecule has 0 saturated heterocycles. The van der Waals surface area contributed by atoms with Crippen LogP contribution in [0, 0.1) is 6.92 Å². The van der Waals surface area contributed by atoms with Gasteiger partial charge in [-0.2, -0.15) is 5.10 Å². The molecule has 4 aromatic rings. The molecule has 7 heteroatoms. The summed E-state index contributed by atoms with van der Waals surface area (Å²) in [7, 11) is 1.59. The van der Waals surface area contributed by atoms with Crippen LogP contribution in [0.25, 0.3) is 16.8 Å². The number of benzene rings is 2. The van der Waals surface area contributed by atoms with Crippen LogP contribution < -0.4 is 10.1 Å². The molecule has 0 aliphatic rings. The number of rotatable bonds is 4. The second kappa shape index (κ2) is 6.87. The third kappa shape index (κ3) is 3.10. The van der Waals surface area contributed by atoms with E-state index in [9.17, 15) is 4.79 Å². The van der Waals surface area contributed by atoms with Gasteiger partial charge in [0.25, 0.3) is 5.91 Å². The van der Waals surface area contributed by atoms with Crippen LogP contribution in [0.2, 0.25) is 0 Å². The molecule has 0 aliphatic carbocycles. The Morgan fingerprint density at radius 1 is 1.04 bits per heavy atom. The van der Waals surface area contributed by atoms with E-state index in [1.54, 1.807) is 49.0 Å². The molecular formula is C20H17N5O2. The molecule has 2 aromatic carbocycles. The molecule has 0 aliphatic heterocycles. The van der Waals surface area contributed by atoms with Crippen molar-refractivity contribution < 1.29 is 9.53 Å². The van der Waals surface area contributed by atoms with Gasteiger partial charge in [-0.05, 0) is 36.8 Å². The fourth-order valence-electron chi connectivity index (χ4n) is 2.85. The third-order valence-electron chi connectivity index (χ3n) is 4.30. The monoisotopic (exact) mass is 359 g/mol. The van der Waals surface area contributed by atoms with Crippen molar-refractivity contribution in [3.63, 3.8) is 0 Å². The van der Waals surface area contributed by atoms with Crippen molar-refractivity contribution in [2.45, 2.75) is 6.92 Å². The molecule has 0 spiro atoms. The molecule has 2 heterocycles. The zero-order chi connectivity index (χ0) is 18.8. The van der Waals surface area contributed by atoms with Gasteiger partial charge in [0.2, 0.25) is 0 Å². The lowest BCUT2D eigenvalue weighted by Crippen LogP contribution is -2.18. The Labute approximate surface area is 155 Å². The molecule has 1 amide bonds. The Hall–Kier alpha value is -3.74. The van der Waals surface area contributed by atoms with Crippen molar-refractivity contribution in [1.29, 1.82) is 0 Å². The second-order valence-electron chi connectivity index (χ2n) is 5.98. The molecule has 0 atom stereocenters. The van der Waals surface area contributed by atoms with Gasteiger partial charge in [0.1, 0.15) is 5.75 Å². The molecule has 7 nitrogen and oxygen atoms in total. The highest BCUT2D eigenvalue weighted by Gasteiger charge is 2.18. The molecule has 2 aromatic heterocycles. The first-order chi connectivity index (χ1) is 13.2. The van der Waals surface area contributed by atoms with Gasteiger partial charge in [-0.15, -0.1) is 10.2 Å². The van der Waals surface area contributed by atoms with Gasteiger partial charge in [0, 0.05) is 11.3 Å². The Kier molecular flexibility index (Phi) is 4.25. The van der Waals surface area contributed by atoms with Crippen molar-refractivity contribution >= 4 is 17.2 Å². The second-order valence-corrected chi connectivity index (χ2v) is 5.98. The van der Waals surface area contributed by atoms with Gasteiger partial charge in [-0.3, -0.25) is 4.79 Å². The van der Waals surface area contributed by atoms with Crippen LogP contribution in [-0.4, -0.2) is 32.8 Å². The predicted octanol–water partition coefficient (Wildman–Crippen LogP) is 3.36. The van der Waals surface area contributed by atoms with E-state index >= 15 is 0 Å². The minimum atomic E-state index is -0.344. The lowest BCUT2D eigenvalue weighted by Gasteiger charge is -2.08. The molecule has 0 radical (unpaired) electrons. The number of carbonyl (C=O) groups excluding carboxylic acids is 1. The first-order valence-electron chi connectivity index (χ1n) is 8.39. The summed E-state index contributed by atoms with van der Waals surface area (Å²) in [6.07, 6.45) is 1.73. The minimum Gasteiger partial charge on any atom is -0.497 e. The molecule has 0 fully saturated rings. The Bertz CT molecular complexity index is 1100. The molecule has 27 heavy (non-hydrogen) atoms. The van der Waals surface area contributed by atoms with E-state index in [1.807, 2.05) is 30.3 Å².